The number of hydrogen-bond donors (Lipinski definition) is 1. The Morgan fingerprint density at radius 1 is 0.957 bits per heavy atom. The fraction of sp³-hybridized carbons (Fsp3) is 0.333. The standard InChI is InChI=1S/C18H23NO2S2/c1-3-5-14-22-17-10-8-16(9-11-17)19-23(20,21)18-12-6-15(4-2)7-13-18/h6-13,19H,3-5,14H2,1-2H3. The number of unbranched alkanes of at least 4 members (excludes halogenated alkanes) is 1. The molecule has 124 valence electrons. The number of nitrogens with one attached hydrogen (secondary N) is 1. The van der Waals surface area contributed by atoms with Crippen LogP contribution >= 0.6 is 11.8 Å². The molecule has 0 fully saturated rings. The van der Waals surface area contributed by atoms with Gasteiger partial charge in [0.05, 0.1) is 4.90 Å². The molecule has 1 N–H and O–H groups in total. The predicted molar refractivity (Wildman–Crippen MR) is 98.7 cm³/mol. The van der Waals surface area contributed by atoms with Crippen LogP contribution in [0.5, 0.6) is 0 Å². The Bertz CT molecular complexity index is 708. The lowest BCUT2D eigenvalue weighted by Crippen LogP contribution is -2.12. The molecule has 0 amide bonds. The quantitative estimate of drug-likeness (QED) is 0.542. The van der Waals surface area contributed by atoms with Crippen molar-refractivity contribution in [3.63, 3.8) is 0 Å². The van der Waals surface area contributed by atoms with Crippen LogP contribution in [0.3, 0.4) is 0 Å². The molecule has 0 saturated carbocycles. The van der Waals surface area contributed by atoms with Gasteiger partial charge in [-0.15, -0.1) is 11.8 Å². The van der Waals surface area contributed by atoms with E-state index in [2.05, 4.69) is 11.6 Å². The van der Waals surface area contributed by atoms with Crippen LogP contribution in [-0.2, 0) is 16.4 Å². The van der Waals surface area contributed by atoms with Crippen LogP contribution < -0.4 is 4.72 Å². The molecule has 0 heterocycles. The maximum atomic E-state index is 12.4. The topological polar surface area (TPSA) is 46.2 Å². The Balaban J connectivity index is 2.04. The SMILES string of the molecule is CCCCSc1ccc(NS(=O)(=O)c2ccc(CC)cc2)cc1. The number of benzene rings is 2. The Hall–Kier alpha value is -1.46. The van der Waals surface area contributed by atoms with E-state index >= 15 is 0 Å². The van der Waals surface area contributed by atoms with E-state index < -0.39 is 10.0 Å². The van der Waals surface area contributed by atoms with Crippen LogP contribution in [0.15, 0.2) is 58.3 Å². The summed E-state index contributed by atoms with van der Waals surface area (Å²) < 4.78 is 27.4. The zero-order valence-electron chi connectivity index (χ0n) is 13.6. The van der Waals surface area contributed by atoms with E-state index in [0.29, 0.717) is 5.69 Å². The molecule has 2 aromatic carbocycles. The second-order valence-corrected chi connectivity index (χ2v) is 8.18. The van der Waals surface area contributed by atoms with Crippen molar-refractivity contribution < 1.29 is 8.42 Å². The zero-order valence-corrected chi connectivity index (χ0v) is 15.2. The predicted octanol–water partition coefficient (Wildman–Crippen LogP) is 4.94. The molecule has 3 nitrogen and oxygen atoms in total. The van der Waals surface area contributed by atoms with Gasteiger partial charge in [-0.25, -0.2) is 8.42 Å². The van der Waals surface area contributed by atoms with Crippen molar-refractivity contribution in [1.29, 1.82) is 0 Å². The molecule has 0 unspecified atom stereocenters. The number of aryl methyl sites for hydroxylation is 1. The third-order valence-corrected chi connectivity index (χ3v) is 6.01. The molecule has 5 heteroatoms. The van der Waals surface area contributed by atoms with Gasteiger partial charge in [-0.2, -0.15) is 0 Å². The fourth-order valence-electron chi connectivity index (χ4n) is 2.07. The third kappa shape index (κ3) is 5.29. The highest BCUT2D eigenvalue weighted by Crippen LogP contribution is 2.23. The first-order chi connectivity index (χ1) is 11.0. The van der Waals surface area contributed by atoms with Crippen molar-refractivity contribution in [2.45, 2.75) is 42.9 Å². The number of thioether (sulfide) groups is 1. The molecule has 0 spiro atoms. The summed E-state index contributed by atoms with van der Waals surface area (Å²) in [6.45, 7) is 4.22. The molecule has 0 aliphatic rings. The Morgan fingerprint density at radius 3 is 2.17 bits per heavy atom. The van der Waals surface area contributed by atoms with Crippen LogP contribution in [0.1, 0.15) is 32.3 Å². The smallest absolute Gasteiger partial charge is 0.261 e. The van der Waals surface area contributed by atoms with Crippen molar-refractivity contribution in [3.8, 4) is 0 Å². The third-order valence-electron chi connectivity index (χ3n) is 3.52. The summed E-state index contributed by atoms with van der Waals surface area (Å²) in [6.07, 6.45) is 3.26. The van der Waals surface area contributed by atoms with Crippen LogP contribution in [0.25, 0.3) is 0 Å². The zero-order chi connectivity index (χ0) is 16.7. The molecule has 2 aromatic rings. The van der Waals surface area contributed by atoms with Gasteiger partial charge in [0.25, 0.3) is 10.0 Å². The lowest BCUT2D eigenvalue weighted by molar-refractivity contribution is 0.601. The molecule has 0 aliphatic carbocycles. The van der Waals surface area contributed by atoms with Crippen molar-refractivity contribution in [3.05, 3.63) is 54.1 Å². The summed E-state index contributed by atoms with van der Waals surface area (Å²) in [7, 11) is -3.53. The summed E-state index contributed by atoms with van der Waals surface area (Å²) >= 11 is 1.79. The highest BCUT2D eigenvalue weighted by molar-refractivity contribution is 7.99. The first-order valence-corrected chi connectivity index (χ1v) is 10.4. The normalized spacial score (nSPS) is 11.4. The Morgan fingerprint density at radius 2 is 1.61 bits per heavy atom. The Labute approximate surface area is 143 Å². The Kier molecular flexibility index (Phi) is 6.54. The van der Waals surface area contributed by atoms with Crippen LogP contribution in [0.4, 0.5) is 5.69 Å². The largest absolute Gasteiger partial charge is 0.280 e. The molecule has 0 saturated heterocycles. The average Bonchev–Trinajstić information content (AvgIpc) is 2.56. The van der Waals surface area contributed by atoms with Crippen LogP contribution in [-0.4, -0.2) is 14.2 Å². The minimum Gasteiger partial charge on any atom is -0.280 e. The van der Waals surface area contributed by atoms with Gasteiger partial charge in [-0.3, -0.25) is 4.72 Å². The van der Waals surface area contributed by atoms with Crippen molar-refractivity contribution >= 4 is 27.5 Å². The second kappa shape index (κ2) is 8.41. The number of hydrogen-bond acceptors (Lipinski definition) is 3. The molecule has 0 atom stereocenters. The molecular formula is C18H23NO2S2. The van der Waals surface area contributed by atoms with E-state index in [1.54, 1.807) is 23.9 Å². The van der Waals surface area contributed by atoms with Crippen molar-refractivity contribution in [2.75, 3.05) is 10.5 Å². The minimum atomic E-state index is -3.53. The maximum absolute atomic E-state index is 12.4. The monoisotopic (exact) mass is 349 g/mol. The van der Waals surface area contributed by atoms with E-state index in [9.17, 15) is 8.42 Å². The summed E-state index contributed by atoms with van der Waals surface area (Å²) in [6, 6.07) is 14.5. The summed E-state index contributed by atoms with van der Waals surface area (Å²) in [4.78, 5) is 1.45. The van der Waals surface area contributed by atoms with E-state index in [4.69, 9.17) is 0 Å². The van der Waals surface area contributed by atoms with E-state index in [1.807, 2.05) is 43.3 Å². The molecule has 0 radical (unpaired) electrons. The van der Waals surface area contributed by atoms with Gasteiger partial charge in [0, 0.05) is 10.6 Å². The number of sulfonamides is 1. The first kappa shape index (κ1) is 17.9. The number of anilines is 1. The van der Waals surface area contributed by atoms with Gasteiger partial charge >= 0.3 is 0 Å². The molecule has 23 heavy (non-hydrogen) atoms. The average molecular weight is 350 g/mol. The lowest BCUT2D eigenvalue weighted by atomic mass is 10.2. The van der Waals surface area contributed by atoms with Gasteiger partial charge in [0.15, 0.2) is 0 Å². The highest BCUT2D eigenvalue weighted by Gasteiger charge is 2.13. The first-order valence-electron chi connectivity index (χ1n) is 7.89. The van der Waals surface area contributed by atoms with Gasteiger partial charge < -0.3 is 0 Å². The van der Waals surface area contributed by atoms with Crippen LogP contribution in [0.2, 0.25) is 0 Å². The molecular weight excluding hydrogens is 326 g/mol. The molecule has 0 aromatic heterocycles. The van der Waals surface area contributed by atoms with Gasteiger partial charge in [0.1, 0.15) is 0 Å². The van der Waals surface area contributed by atoms with E-state index in [0.717, 1.165) is 22.6 Å². The van der Waals surface area contributed by atoms with Crippen molar-refractivity contribution in [2.24, 2.45) is 0 Å². The van der Waals surface area contributed by atoms with E-state index in [1.165, 1.54) is 12.8 Å². The highest BCUT2D eigenvalue weighted by atomic mass is 32.2. The van der Waals surface area contributed by atoms with Gasteiger partial charge in [-0.1, -0.05) is 32.4 Å². The van der Waals surface area contributed by atoms with E-state index in [-0.39, 0.29) is 4.90 Å². The summed E-state index contributed by atoms with van der Waals surface area (Å²) in [5.74, 6) is 1.09. The summed E-state index contributed by atoms with van der Waals surface area (Å²) in [5.41, 5.74) is 1.71. The summed E-state index contributed by atoms with van der Waals surface area (Å²) in [5, 5.41) is 0. The van der Waals surface area contributed by atoms with Crippen LogP contribution in [0, 0.1) is 0 Å². The second-order valence-electron chi connectivity index (χ2n) is 5.33. The lowest BCUT2D eigenvalue weighted by Gasteiger charge is -2.09. The minimum absolute atomic E-state index is 0.288. The van der Waals surface area contributed by atoms with Crippen molar-refractivity contribution in [1.82, 2.24) is 0 Å². The van der Waals surface area contributed by atoms with Gasteiger partial charge in [0.2, 0.25) is 0 Å². The molecule has 0 aliphatic heterocycles. The molecule has 2 rings (SSSR count). The maximum Gasteiger partial charge on any atom is 0.261 e. The van der Waals surface area contributed by atoms with Gasteiger partial charge in [-0.05, 0) is 60.6 Å². The molecule has 0 bridgehead atoms. The fourth-order valence-corrected chi connectivity index (χ4v) is 4.13. The number of rotatable bonds is 8.